The summed E-state index contributed by atoms with van der Waals surface area (Å²) in [4.78, 5) is 32.2. The predicted octanol–water partition coefficient (Wildman–Crippen LogP) is 4.51. The highest BCUT2D eigenvalue weighted by atomic mass is 32.1. The number of carbonyl (C=O) groups is 2. The summed E-state index contributed by atoms with van der Waals surface area (Å²) in [6.07, 6.45) is 6.95. The summed E-state index contributed by atoms with van der Waals surface area (Å²) < 4.78 is 0. The van der Waals surface area contributed by atoms with Crippen LogP contribution in [0.2, 0.25) is 0 Å². The van der Waals surface area contributed by atoms with Crippen LogP contribution < -0.4 is 5.32 Å². The van der Waals surface area contributed by atoms with E-state index in [9.17, 15) is 9.59 Å². The molecular weight excluding hydrogens is 358 g/mol. The number of aromatic nitrogens is 1. The van der Waals surface area contributed by atoms with Gasteiger partial charge in [0.05, 0.1) is 0 Å². The summed E-state index contributed by atoms with van der Waals surface area (Å²) >= 11 is 1.54. The van der Waals surface area contributed by atoms with Gasteiger partial charge >= 0.3 is 0 Å². The average molecular weight is 386 g/mol. The zero-order valence-corrected chi connectivity index (χ0v) is 16.6. The summed E-state index contributed by atoms with van der Waals surface area (Å²) in [5, 5.41) is 3.51. The molecule has 2 heterocycles. The van der Waals surface area contributed by atoms with Crippen molar-refractivity contribution in [1.29, 1.82) is 0 Å². The second-order valence-electron chi connectivity index (χ2n) is 7.14. The van der Waals surface area contributed by atoms with Crippen molar-refractivity contribution in [3.63, 3.8) is 0 Å². The number of benzene rings is 1. The van der Waals surface area contributed by atoms with Crippen molar-refractivity contribution in [2.45, 2.75) is 58.0 Å². The first kappa shape index (κ1) is 19.7. The minimum Gasteiger partial charge on any atom is -0.302 e. The van der Waals surface area contributed by atoms with Gasteiger partial charge in [-0.1, -0.05) is 36.8 Å². The van der Waals surface area contributed by atoms with E-state index in [1.54, 1.807) is 11.3 Å². The number of piperidine rings is 1. The number of rotatable bonds is 8. The standard InChI is InChI=1S/C21H27N3O2S/c1-16-8-5-6-13-24(16)15-18-14-22-21(27-18)23-20(26)12-7-11-19(25)17-9-3-2-4-10-17/h2-4,9-10,14,16H,5-8,11-13,15H2,1H3,(H,22,23,26). The second-order valence-corrected chi connectivity index (χ2v) is 8.25. The number of ketones is 1. The molecule has 3 rings (SSSR count). The van der Waals surface area contributed by atoms with Crippen LogP contribution in [0.4, 0.5) is 5.13 Å². The molecule has 1 amide bonds. The Morgan fingerprint density at radius 1 is 1.22 bits per heavy atom. The van der Waals surface area contributed by atoms with Gasteiger partial charge in [-0.2, -0.15) is 0 Å². The molecule has 0 spiro atoms. The van der Waals surface area contributed by atoms with Crippen LogP contribution in [0.15, 0.2) is 36.5 Å². The number of nitrogens with zero attached hydrogens (tertiary/aromatic N) is 2. The summed E-state index contributed by atoms with van der Waals surface area (Å²) in [5.41, 5.74) is 0.703. The minimum atomic E-state index is -0.0805. The molecule has 1 aliphatic heterocycles. The topological polar surface area (TPSA) is 62.3 Å². The molecule has 5 nitrogen and oxygen atoms in total. The van der Waals surface area contributed by atoms with Gasteiger partial charge in [0.2, 0.25) is 5.91 Å². The first-order valence-corrected chi connectivity index (χ1v) is 10.5. The molecule has 0 aliphatic carbocycles. The van der Waals surface area contributed by atoms with Crippen LogP contribution in [0.5, 0.6) is 0 Å². The van der Waals surface area contributed by atoms with E-state index in [1.807, 2.05) is 36.5 Å². The number of thiazole rings is 1. The van der Waals surface area contributed by atoms with Gasteiger partial charge in [-0.05, 0) is 32.7 Å². The second kappa shape index (κ2) is 9.76. The highest BCUT2D eigenvalue weighted by molar-refractivity contribution is 7.15. The lowest BCUT2D eigenvalue weighted by Gasteiger charge is -2.32. The lowest BCUT2D eigenvalue weighted by Crippen LogP contribution is -2.36. The van der Waals surface area contributed by atoms with E-state index in [2.05, 4.69) is 22.1 Å². The zero-order valence-electron chi connectivity index (χ0n) is 15.8. The van der Waals surface area contributed by atoms with Crippen LogP contribution in [0.25, 0.3) is 0 Å². The maximum absolute atomic E-state index is 12.1. The number of hydrogen-bond acceptors (Lipinski definition) is 5. The molecule has 1 aromatic heterocycles. The molecule has 1 fully saturated rings. The Bertz CT molecular complexity index is 760. The van der Waals surface area contributed by atoms with Crippen LogP contribution in [0, 0.1) is 0 Å². The Hall–Kier alpha value is -2.05. The molecule has 6 heteroatoms. The third kappa shape index (κ3) is 5.97. The average Bonchev–Trinajstić information content (AvgIpc) is 3.11. The van der Waals surface area contributed by atoms with E-state index < -0.39 is 0 Å². The molecule has 1 aromatic carbocycles. The molecule has 1 saturated heterocycles. The Morgan fingerprint density at radius 2 is 2.04 bits per heavy atom. The molecule has 0 radical (unpaired) electrons. The molecule has 1 atom stereocenters. The fourth-order valence-electron chi connectivity index (χ4n) is 3.39. The van der Waals surface area contributed by atoms with E-state index in [1.165, 1.54) is 24.1 Å². The fraction of sp³-hybridized carbons (Fsp3) is 0.476. The molecule has 144 valence electrons. The van der Waals surface area contributed by atoms with Crippen molar-refractivity contribution in [2.75, 3.05) is 11.9 Å². The summed E-state index contributed by atoms with van der Waals surface area (Å²) in [7, 11) is 0. The van der Waals surface area contributed by atoms with Gasteiger partial charge in [0.15, 0.2) is 10.9 Å². The van der Waals surface area contributed by atoms with Gasteiger partial charge in [0.25, 0.3) is 0 Å². The van der Waals surface area contributed by atoms with E-state index >= 15 is 0 Å². The highest BCUT2D eigenvalue weighted by Crippen LogP contribution is 2.24. The molecule has 27 heavy (non-hydrogen) atoms. The third-order valence-corrected chi connectivity index (χ3v) is 5.90. The van der Waals surface area contributed by atoms with Crippen molar-refractivity contribution in [2.24, 2.45) is 0 Å². The van der Waals surface area contributed by atoms with Gasteiger partial charge in [-0.25, -0.2) is 4.98 Å². The number of carbonyl (C=O) groups excluding carboxylic acids is 2. The smallest absolute Gasteiger partial charge is 0.226 e. The van der Waals surface area contributed by atoms with Crippen LogP contribution >= 0.6 is 11.3 Å². The number of anilines is 1. The van der Waals surface area contributed by atoms with Gasteiger partial charge in [-0.15, -0.1) is 11.3 Å². The molecule has 1 aliphatic rings. The number of likely N-dealkylation sites (tertiary alicyclic amines) is 1. The van der Waals surface area contributed by atoms with Crippen LogP contribution in [0.3, 0.4) is 0 Å². The van der Waals surface area contributed by atoms with Gasteiger partial charge in [0.1, 0.15) is 0 Å². The quantitative estimate of drug-likeness (QED) is 0.679. The third-order valence-electron chi connectivity index (χ3n) is 5.00. The Labute approximate surface area is 164 Å². The van der Waals surface area contributed by atoms with E-state index in [-0.39, 0.29) is 11.7 Å². The Morgan fingerprint density at radius 3 is 2.81 bits per heavy atom. The van der Waals surface area contributed by atoms with Crippen LogP contribution in [0.1, 0.15) is 60.7 Å². The van der Waals surface area contributed by atoms with Crippen molar-refractivity contribution < 1.29 is 9.59 Å². The molecule has 0 bridgehead atoms. The van der Waals surface area contributed by atoms with Crippen molar-refractivity contribution in [1.82, 2.24) is 9.88 Å². The monoisotopic (exact) mass is 385 g/mol. The van der Waals surface area contributed by atoms with Crippen LogP contribution in [-0.4, -0.2) is 34.2 Å². The summed E-state index contributed by atoms with van der Waals surface area (Å²) in [6, 6.07) is 9.82. The Kier molecular flexibility index (Phi) is 7.12. The molecular formula is C21H27N3O2S. The Balaban J connectivity index is 1.40. The van der Waals surface area contributed by atoms with Crippen molar-refractivity contribution in [3.8, 4) is 0 Å². The fourth-order valence-corrected chi connectivity index (χ4v) is 4.25. The number of Topliss-reactive ketones (excluding diaryl/α,β-unsaturated/α-hetero) is 1. The molecule has 2 aromatic rings. The first-order chi connectivity index (χ1) is 13.1. The van der Waals surface area contributed by atoms with Gasteiger partial charge in [-0.3, -0.25) is 14.5 Å². The zero-order chi connectivity index (χ0) is 19.1. The maximum atomic E-state index is 12.1. The lowest BCUT2D eigenvalue weighted by atomic mass is 10.0. The predicted molar refractivity (Wildman–Crippen MR) is 109 cm³/mol. The molecule has 1 unspecified atom stereocenters. The van der Waals surface area contributed by atoms with Crippen molar-refractivity contribution in [3.05, 3.63) is 47.0 Å². The lowest BCUT2D eigenvalue weighted by molar-refractivity contribution is -0.116. The van der Waals surface area contributed by atoms with Gasteiger partial charge in [0, 0.05) is 42.1 Å². The SMILES string of the molecule is CC1CCCCN1Cc1cnc(NC(=O)CCCC(=O)c2ccccc2)s1. The van der Waals surface area contributed by atoms with Crippen LogP contribution in [-0.2, 0) is 11.3 Å². The number of amides is 1. The minimum absolute atomic E-state index is 0.0792. The molecule has 0 saturated carbocycles. The number of hydrogen-bond donors (Lipinski definition) is 1. The van der Waals surface area contributed by atoms with E-state index in [0.29, 0.717) is 36.0 Å². The number of nitrogens with one attached hydrogen (secondary N) is 1. The largest absolute Gasteiger partial charge is 0.302 e. The van der Waals surface area contributed by atoms with Gasteiger partial charge < -0.3 is 5.32 Å². The normalized spacial score (nSPS) is 17.6. The molecule has 1 N–H and O–H groups in total. The van der Waals surface area contributed by atoms with Crippen molar-refractivity contribution >= 4 is 28.2 Å². The summed E-state index contributed by atoms with van der Waals surface area (Å²) in [5.74, 6) is -0.00121. The highest BCUT2D eigenvalue weighted by Gasteiger charge is 2.19. The van der Waals surface area contributed by atoms with E-state index in [4.69, 9.17) is 0 Å². The first-order valence-electron chi connectivity index (χ1n) is 9.68. The van der Waals surface area contributed by atoms with E-state index in [0.717, 1.165) is 13.1 Å². The maximum Gasteiger partial charge on any atom is 0.226 e. The summed E-state index contributed by atoms with van der Waals surface area (Å²) in [6.45, 7) is 4.32.